The van der Waals surface area contributed by atoms with E-state index in [0.29, 0.717) is 0 Å². The third kappa shape index (κ3) is 10.6. The van der Waals surface area contributed by atoms with Crippen molar-refractivity contribution in [2.75, 3.05) is 0 Å². The molecule has 0 saturated carbocycles. The summed E-state index contributed by atoms with van der Waals surface area (Å²) in [5.41, 5.74) is 2.83. The fraction of sp³-hybridized carbons (Fsp3) is 0.579. The molecule has 0 radical (unpaired) electrons. The van der Waals surface area contributed by atoms with Gasteiger partial charge in [0.15, 0.2) is 0 Å². The van der Waals surface area contributed by atoms with Crippen LogP contribution >= 0.6 is 0 Å². The minimum atomic E-state index is 0. The Bertz CT molecular complexity index is 298. The molecule has 110 valence electrons. The summed E-state index contributed by atoms with van der Waals surface area (Å²) in [6.07, 6.45) is 25.1. The van der Waals surface area contributed by atoms with Crippen LogP contribution in [0.3, 0.4) is 0 Å². The van der Waals surface area contributed by atoms with Crippen LogP contribution in [0.4, 0.5) is 0 Å². The van der Waals surface area contributed by atoms with Gasteiger partial charge in [-0.1, -0.05) is 59.8 Å². The van der Waals surface area contributed by atoms with Crippen molar-refractivity contribution in [3.05, 3.63) is 47.6 Å². The van der Waals surface area contributed by atoms with Crippen molar-refractivity contribution >= 4 is 0 Å². The molecule has 0 amide bonds. The fourth-order valence-corrected chi connectivity index (χ4v) is 1.98. The molecule has 0 atom stereocenters. The Morgan fingerprint density at radius 2 is 1.25 bits per heavy atom. The number of allylic oxidation sites excluding steroid dienone is 8. The van der Waals surface area contributed by atoms with E-state index < -0.39 is 0 Å². The molecule has 2 rings (SSSR count). The third-order valence-corrected chi connectivity index (χ3v) is 3.13. The Morgan fingerprint density at radius 3 is 1.50 bits per heavy atom. The average Bonchev–Trinajstić information content (AvgIpc) is 3.07. The van der Waals surface area contributed by atoms with Crippen molar-refractivity contribution in [2.24, 2.45) is 0 Å². The van der Waals surface area contributed by atoms with Gasteiger partial charge in [0.1, 0.15) is 0 Å². The predicted molar refractivity (Wildman–Crippen MR) is 86.8 cm³/mol. The SMILES string of the molecule is C.CCCCC1=[C-]CC=C1.CCCCC1=[C-]CC=C1.[Zr+2]. The van der Waals surface area contributed by atoms with Gasteiger partial charge in [0.2, 0.25) is 0 Å². The summed E-state index contributed by atoms with van der Waals surface area (Å²) in [5.74, 6) is 0. The van der Waals surface area contributed by atoms with Crippen molar-refractivity contribution in [1.29, 1.82) is 0 Å². The van der Waals surface area contributed by atoms with Gasteiger partial charge in [-0.05, 0) is 0 Å². The third-order valence-electron chi connectivity index (χ3n) is 3.13. The van der Waals surface area contributed by atoms with Gasteiger partial charge >= 0.3 is 26.2 Å². The van der Waals surface area contributed by atoms with E-state index in [0.717, 1.165) is 12.8 Å². The van der Waals surface area contributed by atoms with Gasteiger partial charge < -0.3 is 0 Å². The van der Waals surface area contributed by atoms with Gasteiger partial charge in [-0.15, -0.1) is 12.8 Å². The van der Waals surface area contributed by atoms with Gasteiger partial charge in [0.25, 0.3) is 0 Å². The fourth-order valence-electron chi connectivity index (χ4n) is 1.98. The summed E-state index contributed by atoms with van der Waals surface area (Å²) < 4.78 is 0. The Balaban J connectivity index is 0. The van der Waals surface area contributed by atoms with Crippen LogP contribution in [-0.2, 0) is 26.2 Å². The molecule has 0 aromatic rings. The van der Waals surface area contributed by atoms with Crippen molar-refractivity contribution < 1.29 is 26.2 Å². The molecule has 0 bridgehead atoms. The summed E-state index contributed by atoms with van der Waals surface area (Å²) in [6, 6.07) is 0. The summed E-state index contributed by atoms with van der Waals surface area (Å²) in [5, 5.41) is 0. The van der Waals surface area contributed by atoms with Crippen LogP contribution in [0.2, 0.25) is 0 Å². The maximum Gasteiger partial charge on any atom is 2.00 e. The minimum Gasteiger partial charge on any atom is -0.269 e. The minimum absolute atomic E-state index is 0. The molecule has 0 heterocycles. The topological polar surface area (TPSA) is 0 Å². The standard InChI is InChI=1S/2C9H13.CH4.Zr/c2*1-2-3-6-9-7-4-5-8-9;;/h2*4,7H,2-3,5-6H2,1H3;1H4;/q2*-1;;+2. The molecule has 0 fully saturated rings. The zero-order valence-corrected chi connectivity index (χ0v) is 14.9. The van der Waals surface area contributed by atoms with E-state index in [9.17, 15) is 0 Å². The van der Waals surface area contributed by atoms with E-state index in [1.165, 1.54) is 49.7 Å². The Hall–Kier alpha value is -0.157. The first kappa shape index (κ1) is 22.1. The van der Waals surface area contributed by atoms with Crippen LogP contribution < -0.4 is 0 Å². The Morgan fingerprint density at radius 1 is 0.850 bits per heavy atom. The van der Waals surface area contributed by atoms with E-state index in [2.05, 4.69) is 50.3 Å². The molecule has 1 heteroatoms. The van der Waals surface area contributed by atoms with Gasteiger partial charge in [0, 0.05) is 0 Å². The van der Waals surface area contributed by atoms with E-state index >= 15 is 0 Å². The van der Waals surface area contributed by atoms with Crippen LogP contribution in [0.15, 0.2) is 35.5 Å². The van der Waals surface area contributed by atoms with Crippen molar-refractivity contribution in [3.8, 4) is 0 Å². The van der Waals surface area contributed by atoms with E-state index in [4.69, 9.17) is 0 Å². The summed E-state index contributed by atoms with van der Waals surface area (Å²) >= 11 is 0. The average molecular weight is 350 g/mol. The van der Waals surface area contributed by atoms with Crippen LogP contribution in [-0.4, -0.2) is 0 Å². The molecule has 0 N–H and O–H groups in total. The molecular formula is C19H30Zr. The van der Waals surface area contributed by atoms with E-state index in [-0.39, 0.29) is 33.6 Å². The van der Waals surface area contributed by atoms with Crippen molar-refractivity contribution in [1.82, 2.24) is 0 Å². The second-order valence-corrected chi connectivity index (χ2v) is 4.82. The van der Waals surface area contributed by atoms with Gasteiger partial charge in [-0.3, -0.25) is 12.2 Å². The van der Waals surface area contributed by atoms with Crippen LogP contribution in [0.5, 0.6) is 0 Å². The first-order valence-electron chi connectivity index (χ1n) is 7.39. The van der Waals surface area contributed by atoms with Crippen LogP contribution in [0.1, 0.15) is 72.6 Å². The molecule has 0 nitrogen and oxygen atoms in total. The Labute approximate surface area is 146 Å². The van der Waals surface area contributed by atoms with Crippen LogP contribution in [0.25, 0.3) is 0 Å². The molecular weight excluding hydrogens is 319 g/mol. The number of hydrogen-bond acceptors (Lipinski definition) is 0. The molecule has 2 aliphatic rings. The van der Waals surface area contributed by atoms with Crippen LogP contribution in [0, 0.1) is 12.2 Å². The maximum atomic E-state index is 3.30. The maximum absolute atomic E-state index is 3.30. The smallest absolute Gasteiger partial charge is 0.269 e. The largest absolute Gasteiger partial charge is 2.00 e. The van der Waals surface area contributed by atoms with Gasteiger partial charge in [-0.2, -0.15) is 12.2 Å². The quantitative estimate of drug-likeness (QED) is 0.489. The zero-order chi connectivity index (χ0) is 13.1. The predicted octanol–water partition coefficient (Wildman–Crippen LogP) is 6.37. The van der Waals surface area contributed by atoms with Gasteiger partial charge in [-0.25, -0.2) is 23.3 Å². The first-order chi connectivity index (χ1) is 8.86. The molecule has 2 aliphatic carbocycles. The second kappa shape index (κ2) is 15.2. The monoisotopic (exact) mass is 348 g/mol. The normalized spacial score (nSPS) is 14.7. The van der Waals surface area contributed by atoms with E-state index in [1.54, 1.807) is 0 Å². The summed E-state index contributed by atoms with van der Waals surface area (Å²) in [7, 11) is 0. The zero-order valence-electron chi connectivity index (χ0n) is 12.5. The van der Waals surface area contributed by atoms with E-state index in [1.807, 2.05) is 0 Å². The number of unbranched alkanes of at least 4 members (excludes halogenated alkanes) is 2. The number of rotatable bonds is 6. The number of hydrogen-bond donors (Lipinski definition) is 0. The first-order valence-corrected chi connectivity index (χ1v) is 7.39. The van der Waals surface area contributed by atoms with Gasteiger partial charge in [0.05, 0.1) is 0 Å². The molecule has 0 spiro atoms. The molecule has 20 heavy (non-hydrogen) atoms. The van der Waals surface area contributed by atoms with Crippen molar-refractivity contribution in [3.63, 3.8) is 0 Å². The second-order valence-electron chi connectivity index (χ2n) is 4.82. The molecule has 0 aromatic heterocycles. The Kier molecular flexibility index (Phi) is 16.9. The van der Waals surface area contributed by atoms with Crippen molar-refractivity contribution in [2.45, 2.75) is 72.6 Å². The molecule has 0 aliphatic heterocycles. The molecule has 0 saturated heterocycles. The summed E-state index contributed by atoms with van der Waals surface area (Å²) in [6.45, 7) is 4.44. The summed E-state index contributed by atoms with van der Waals surface area (Å²) in [4.78, 5) is 0. The molecule has 0 unspecified atom stereocenters. The molecule has 0 aromatic carbocycles.